The monoisotopic (exact) mass is 247 g/mol. The minimum Gasteiger partial charge on any atom is -0.361 e. The third-order valence-electron chi connectivity index (χ3n) is 3.07. The number of rotatable bonds is 5. The molecule has 98 valence electrons. The van der Waals surface area contributed by atoms with Crippen molar-refractivity contribution in [2.45, 2.75) is 33.1 Å². The maximum Gasteiger partial charge on any atom is 0.239 e. The number of nitrogens with zero attached hydrogens (tertiary/aromatic N) is 1. The molecule has 0 unspecified atom stereocenters. The minimum atomic E-state index is 0.0194. The van der Waals surface area contributed by atoms with Crippen molar-refractivity contribution >= 4 is 11.7 Å². The molecule has 1 heterocycles. The Labute approximate surface area is 108 Å². The van der Waals surface area contributed by atoms with Crippen molar-refractivity contribution in [3.8, 4) is 0 Å². The van der Waals surface area contributed by atoms with Gasteiger partial charge in [0.1, 0.15) is 5.82 Å². The normalized spacial score (nSPS) is 13.5. The number of aromatic nitrogens is 1. The molecule has 2 rings (SSSR count). The van der Waals surface area contributed by atoms with E-state index in [-0.39, 0.29) is 5.91 Å². The van der Waals surface area contributed by atoms with Gasteiger partial charge in [-0.3, -0.25) is 4.79 Å². The fourth-order valence-electron chi connectivity index (χ4n) is 2.07. The molecule has 2 N–H and O–H groups in total. The van der Waals surface area contributed by atoms with Crippen LogP contribution in [0.15, 0.2) is 12.1 Å². The molecule has 4 heteroatoms. The van der Waals surface area contributed by atoms with Crippen LogP contribution in [-0.2, 0) is 17.6 Å². The first-order valence-electron chi connectivity index (χ1n) is 6.64. The van der Waals surface area contributed by atoms with E-state index in [9.17, 15) is 4.79 Å². The van der Waals surface area contributed by atoms with Crippen LogP contribution in [0.2, 0.25) is 0 Å². The summed E-state index contributed by atoms with van der Waals surface area (Å²) in [6, 6.07) is 4.07. The first-order valence-corrected chi connectivity index (χ1v) is 6.64. The Hall–Kier alpha value is -1.58. The average Bonchev–Trinajstić information content (AvgIpc) is 2.81. The molecule has 18 heavy (non-hydrogen) atoms. The quantitative estimate of drug-likeness (QED) is 0.833. The number of fused-ring (bicyclic) bond motifs is 1. The third kappa shape index (κ3) is 3.45. The van der Waals surface area contributed by atoms with Gasteiger partial charge in [0.2, 0.25) is 5.91 Å². The summed E-state index contributed by atoms with van der Waals surface area (Å²) in [5, 5.41) is 5.95. The highest BCUT2D eigenvalue weighted by Crippen LogP contribution is 2.21. The Bertz CT molecular complexity index is 429. The molecule has 1 aromatic heterocycles. The average molecular weight is 247 g/mol. The van der Waals surface area contributed by atoms with E-state index in [1.165, 1.54) is 17.7 Å². The summed E-state index contributed by atoms with van der Waals surface area (Å²) in [5.41, 5.74) is 2.53. The lowest BCUT2D eigenvalue weighted by Gasteiger charge is -2.09. The first-order chi connectivity index (χ1) is 8.65. The number of anilines is 1. The number of hydrogen-bond acceptors (Lipinski definition) is 3. The van der Waals surface area contributed by atoms with Gasteiger partial charge in [0, 0.05) is 12.2 Å². The van der Waals surface area contributed by atoms with Crippen molar-refractivity contribution in [2.75, 3.05) is 18.4 Å². The summed E-state index contributed by atoms with van der Waals surface area (Å²) in [6.45, 7) is 5.17. The van der Waals surface area contributed by atoms with Gasteiger partial charge in [-0.25, -0.2) is 4.98 Å². The summed E-state index contributed by atoms with van der Waals surface area (Å²) in [6.07, 6.45) is 3.39. The van der Waals surface area contributed by atoms with Gasteiger partial charge in [-0.15, -0.1) is 0 Å². The maximum atomic E-state index is 11.6. The zero-order chi connectivity index (χ0) is 13.0. The van der Waals surface area contributed by atoms with Gasteiger partial charge in [-0.1, -0.05) is 19.9 Å². The highest BCUT2D eigenvalue weighted by atomic mass is 16.1. The standard InChI is InChI=1S/C14H21N3O/c1-10(2)8-16-14(18)9-15-13-7-6-11-4-3-5-12(11)17-13/h6-7,10H,3-5,8-9H2,1-2H3,(H,15,17)(H,16,18). The minimum absolute atomic E-state index is 0.0194. The predicted octanol–water partition coefficient (Wildman–Crippen LogP) is 1.75. The number of aryl methyl sites for hydroxylation is 2. The Kier molecular flexibility index (Phi) is 4.18. The smallest absolute Gasteiger partial charge is 0.239 e. The fraction of sp³-hybridized carbons (Fsp3) is 0.571. The van der Waals surface area contributed by atoms with Gasteiger partial charge in [0.05, 0.1) is 6.54 Å². The van der Waals surface area contributed by atoms with Gasteiger partial charge in [-0.05, 0) is 36.8 Å². The maximum absolute atomic E-state index is 11.6. The summed E-state index contributed by atoms with van der Waals surface area (Å²) >= 11 is 0. The lowest BCUT2D eigenvalue weighted by atomic mass is 10.2. The van der Waals surface area contributed by atoms with Crippen LogP contribution in [-0.4, -0.2) is 24.0 Å². The van der Waals surface area contributed by atoms with Crippen molar-refractivity contribution < 1.29 is 4.79 Å². The molecule has 0 radical (unpaired) electrons. The number of pyridine rings is 1. The van der Waals surface area contributed by atoms with E-state index in [0.717, 1.165) is 25.2 Å². The summed E-state index contributed by atoms with van der Waals surface area (Å²) in [7, 11) is 0. The molecule has 0 aromatic carbocycles. The lowest BCUT2D eigenvalue weighted by Crippen LogP contribution is -2.32. The van der Waals surface area contributed by atoms with E-state index in [1.54, 1.807) is 0 Å². The predicted molar refractivity (Wildman–Crippen MR) is 72.6 cm³/mol. The van der Waals surface area contributed by atoms with Crippen LogP contribution in [0, 0.1) is 5.92 Å². The van der Waals surface area contributed by atoms with Crippen LogP contribution < -0.4 is 10.6 Å². The second kappa shape index (κ2) is 5.85. The Morgan fingerprint density at radius 1 is 1.39 bits per heavy atom. The Morgan fingerprint density at radius 2 is 2.22 bits per heavy atom. The molecule has 1 aliphatic rings. The SMILES string of the molecule is CC(C)CNC(=O)CNc1ccc2c(n1)CCC2. The largest absolute Gasteiger partial charge is 0.361 e. The van der Waals surface area contributed by atoms with Crippen molar-refractivity contribution in [3.05, 3.63) is 23.4 Å². The molecule has 0 aliphatic heterocycles. The molecule has 4 nitrogen and oxygen atoms in total. The molecule has 1 aliphatic carbocycles. The molecule has 0 saturated carbocycles. The topological polar surface area (TPSA) is 54.0 Å². The van der Waals surface area contributed by atoms with Crippen LogP contribution in [0.3, 0.4) is 0 Å². The molecule has 0 bridgehead atoms. The van der Waals surface area contributed by atoms with E-state index in [1.807, 2.05) is 6.07 Å². The molecular formula is C14H21N3O. The molecule has 0 atom stereocenters. The van der Waals surface area contributed by atoms with Crippen LogP contribution in [0.4, 0.5) is 5.82 Å². The van der Waals surface area contributed by atoms with Gasteiger partial charge < -0.3 is 10.6 Å². The van der Waals surface area contributed by atoms with Gasteiger partial charge in [-0.2, -0.15) is 0 Å². The number of hydrogen-bond donors (Lipinski definition) is 2. The second-order valence-electron chi connectivity index (χ2n) is 5.21. The van der Waals surface area contributed by atoms with E-state index in [4.69, 9.17) is 0 Å². The van der Waals surface area contributed by atoms with Crippen LogP contribution in [0.1, 0.15) is 31.5 Å². The molecule has 0 saturated heterocycles. The number of nitrogens with one attached hydrogen (secondary N) is 2. The zero-order valence-electron chi connectivity index (χ0n) is 11.1. The number of amides is 1. The number of carbonyl (C=O) groups is 1. The number of carbonyl (C=O) groups excluding carboxylic acids is 1. The van der Waals surface area contributed by atoms with Gasteiger partial charge in [0.25, 0.3) is 0 Å². The van der Waals surface area contributed by atoms with Gasteiger partial charge >= 0.3 is 0 Å². The summed E-state index contributed by atoms with van der Waals surface area (Å²) in [4.78, 5) is 16.1. The summed E-state index contributed by atoms with van der Waals surface area (Å²) < 4.78 is 0. The third-order valence-corrected chi connectivity index (χ3v) is 3.07. The van der Waals surface area contributed by atoms with E-state index in [2.05, 4.69) is 35.5 Å². The fourth-order valence-corrected chi connectivity index (χ4v) is 2.07. The second-order valence-corrected chi connectivity index (χ2v) is 5.21. The molecular weight excluding hydrogens is 226 g/mol. The Balaban J connectivity index is 1.81. The molecule has 1 aromatic rings. The highest BCUT2D eigenvalue weighted by molar-refractivity contribution is 5.80. The summed E-state index contributed by atoms with van der Waals surface area (Å²) in [5.74, 6) is 1.30. The van der Waals surface area contributed by atoms with E-state index >= 15 is 0 Å². The molecule has 0 spiro atoms. The van der Waals surface area contributed by atoms with Crippen molar-refractivity contribution in [1.82, 2.24) is 10.3 Å². The van der Waals surface area contributed by atoms with Crippen LogP contribution >= 0.6 is 0 Å². The lowest BCUT2D eigenvalue weighted by molar-refractivity contribution is -0.119. The Morgan fingerprint density at radius 3 is 3.00 bits per heavy atom. The molecule has 1 amide bonds. The van der Waals surface area contributed by atoms with Crippen molar-refractivity contribution in [3.63, 3.8) is 0 Å². The van der Waals surface area contributed by atoms with Crippen LogP contribution in [0.5, 0.6) is 0 Å². The van der Waals surface area contributed by atoms with E-state index in [0.29, 0.717) is 12.5 Å². The zero-order valence-corrected chi connectivity index (χ0v) is 11.1. The molecule has 0 fully saturated rings. The highest BCUT2D eigenvalue weighted by Gasteiger charge is 2.12. The van der Waals surface area contributed by atoms with E-state index < -0.39 is 0 Å². The van der Waals surface area contributed by atoms with Crippen molar-refractivity contribution in [2.24, 2.45) is 5.92 Å². The van der Waals surface area contributed by atoms with Gasteiger partial charge in [0.15, 0.2) is 0 Å². The van der Waals surface area contributed by atoms with Crippen molar-refractivity contribution in [1.29, 1.82) is 0 Å². The first kappa shape index (κ1) is 12.9. The van der Waals surface area contributed by atoms with Crippen LogP contribution in [0.25, 0.3) is 0 Å².